The molecule has 2 rings (SSSR count). The van der Waals surface area contributed by atoms with E-state index in [1.807, 2.05) is 38.1 Å². The summed E-state index contributed by atoms with van der Waals surface area (Å²) < 4.78 is 5.40. The van der Waals surface area contributed by atoms with E-state index in [-0.39, 0.29) is 11.9 Å². The Morgan fingerprint density at radius 2 is 1.86 bits per heavy atom. The Morgan fingerprint density at radius 3 is 2.45 bits per heavy atom. The summed E-state index contributed by atoms with van der Waals surface area (Å²) in [6.45, 7) is 4.48. The summed E-state index contributed by atoms with van der Waals surface area (Å²) in [6.07, 6.45) is 0. The number of amides is 1. The zero-order chi connectivity index (χ0) is 16.1. The van der Waals surface area contributed by atoms with Crippen LogP contribution in [-0.2, 0) is 0 Å². The molecule has 0 heterocycles. The van der Waals surface area contributed by atoms with E-state index in [4.69, 9.17) is 27.9 Å². The average Bonchev–Trinajstić information content (AvgIpc) is 2.48. The van der Waals surface area contributed by atoms with E-state index >= 15 is 0 Å². The van der Waals surface area contributed by atoms with Gasteiger partial charge in [0.05, 0.1) is 23.2 Å². The van der Waals surface area contributed by atoms with Crippen molar-refractivity contribution < 1.29 is 9.53 Å². The van der Waals surface area contributed by atoms with Gasteiger partial charge in [-0.1, -0.05) is 35.3 Å². The number of carbonyl (C=O) groups excluding carboxylic acids is 1. The summed E-state index contributed by atoms with van der Waals surface area (Å²) in [4.78, 5) is 12.3. The van der Waals surface area contributed by atoms with Gasteiger partial charge in [-0.3, -0.25) is 4.79 Å². The zero-order valence-electron chi connectivity index (χ0n) is 12.4. The monoisotopic (exact) mass is 337 g/mol. The van der Waals surface area contributed by atoms with Crippen LogP contribution in [0.4, 0.5) is 0 Å². The fraction of sp³-hybridized carbons (Fsp3) is 0.235. The predicted octanol–water partition coefficient (Wildman–Crippen LogP) is 4.88. The summed E-state index contributed by atoms with van der Waals surface area (Å²) >= 11 is 11.9. The highest BCUT2D eigenvalue weighted by molar-refractivity contribution is 6.36. The predicted molar refractivity (Wildman–Crippen MR) is 90.0 cm³/mol. The number of hydrogen-bond donors (Lipinski definition) is 1. The molecule has 3 nitrogen and oxygen atoms in total. The number of ether oxygens (including phenoxy) is 1. The Morgan fingerprint density at radius 1 is 1.18 bits per heavy atom. The Bertz CT molecular complexity index is 656. The summed E-state index contributed by atoms with van der Waals surface area (Å²) in [5, 5.41) is 3.75. The van der Waals surface area contributed by atoms with Crippen molar-refractivity contribution >= 4 is 29.1 Å². The maximum atomic E-state index is 12.3. The highest BCUT2D eigenvalue weighted by Crippen LogP contribution is 2.22. The fourth-order valence-electron chi connectivity index (χ4n) is 2.05. The van der Waals surface area contributed by atoms with Crippen LogP contribution in [0, 0.1) is 0 Å². The first-order valence-electron chi connectivity index (χ1n) is 7.00. The lowest BCUT2D eigenvalue weighted by Crippen LogP contribution is -2.26. The standard InChI is InChI=1S/C17H17Cl2NO2/c1-3-22-14-7-4-12(5-8-14)11(2)20-17(21)15-9-6-13(18)10-16(15)19/h4-11H,3H2,1-2H3,(H,20,21)/t11-/m1/s1. The molecule has 5 heteroatoms. The minimum absolute atomic E-state index is 0.144. The van der Waals surface area contributed by atoms with Crippen molar-refractivity contribution in [3.8, 4) is 5.75 Å². The lowest BCUT2D eigenvalue weighted by Gasteiger charge is -2.15. The lowest BCUT2D eigenvalue weighted by atomic mass is 10.1. The van der Waals surface area contributed by atoms with E-state index < -0.39 is 0 Å². The van der Waals surface area contributed by atoms with Crippen LogP contribution in [0.25, 0.3) is 0 Å². The molecule has 0 radical (unpaired) electrons. The van der Waals surface area contributed by atoms with Crippen molar-refractivity contribution in [1.82, 2.24) is 5.32 Å². The molecule has 1 amide bonds. The average molecular weight is 338 g/mol. The minimum Gasteiger partial charge on any atom is -0.494 e. The van der Waals surface area contributed by atoms with Crippen molar-refractivity contribution in [3.05, 3.63) is 63.6 Å². The van der Waals surface area contributed by atoms with Crippen molar-refractivity contribution in [2.75, 3.05) is 6.61 Å². The van der Waals surface area contributed by atoms with E-state index in [1.54, 1.807) is 18.2 Å². The van der Waals surface area contributed by atoms with E-state index in [1.165, 1.54) is 0 Å². The van der Waals surface area contributed by atoms with Crippen LogP contribution in [0.1, 0.15) is 35.8 Å². The van der Waals surface area contributed by atoms with Crippen molar-refractivity contribution in [2.24, 2.45) is 0 Å². The Hall–Kier alpha value is -1.71. The molecule has 0 aromatic heterocycles. The molecule has 0 spiro atoms. The summed E-state index contributed by atoms with van der Waals surface area (Å²) in [7, 11) is 0. The quantitative estimate of drug-likeness (QED) is 0.843. The van der Waals surface area contributed by atoms with Gasteiger partial charge < -0.3 is 10.1 Å². The maximum Gasteiger partial charge on any atom is 0.253 e. The van der Waals surface area contributed by atoms with E-state index in [9.17, 15) is 4.79 Å². The second-order valence-corrected chi connectivity index (χ2v) is 5.67. The molecule has 0 bridgehead atoms. The fourth-order valence-corrected chi connectivity index (χ4v) is 2.55. The highest BCUT2D eigenvalue weighted by atomic mass is 35.5. The molecule has 1 atom stereocenters. The molecule has 1 N–H and O–H groups in total. The van der Waals surface area contributed by atoms with Gasteiger partial charge >= 0.3 is 0 Å². The first-order valence-corrected chi connectivity index (χ1v) is 7.75. The normalized spacial score (nSPS) is 11.8. The molecular formula is C17H17Cl2NO2. The summed E-state index contributed by atoms with van der Waals surface area (Å²) in [5.74, 6) is 0.577. The topological polar surface area (TPSA) is 38.3 Å². The van der Waals surface area contributed by atoms with Crippen LogP contribution in [0.5, 0.6) is 5.75 Å². The Balaban J connectivity index is 2.07. The number of carbonyl (C=O) groups is 1. The SMILES string of the molecule is CCOc1ccc([C@@H](C)NC(=O)c2ccc(Cl)cc2Cl)cc1. The number of nitrogens with one attached hydrogen (secondary N) is 1. The Labute approximate surface area is 140 Å². The lowest BCUT2D eigenvalue weighted by molar-refractivity contribution is 0.0940. The maximum absolute atomic E-state index is 12.3. The molecule has 22 heavy (non-hydrogen) atoms. The molecule has 2 aromatic rings. The number of benzene rings is 2. The van der Waals surface area contributed by atoms with Gasteiger partial charge in [-0.05, 0) is 49.7 Å². The zero-order valence-corrected chi connectivity index (χ0v) is 13.9. The smallest absolute Gasteiger partial charge is 0.253 e. The van der Waals surface area contributed by atoms with Crippen LogP contribution in [0.3, 0.4) is 0 Å². The van der Waals surface area contributed by atoms with Crippen molar-refractivity contribution in [1.29, 1.82) is 0 Å². The molecule has 0 saturated carbocycles. The van der Waals surface area contributed by atoms with Crippen molar-refractivity contribution in [3.63, 3.8) is 0 Å². The van der Waals surface area contributed by atoms with E-state index in [0.29, 0.717) is 22.2 Å². The first-order chi connectivity index (χ1) is 10.5. The van der Waals surface area contributed by atoms with Gasteiger partial charge in [-0.25, -0.2) is 0 Å². The van der Waals surface area contributed by atoms with E-state index in [0.717, 1.165) is 11.3 Å². The van der Waals surface area contributed by atoms with Crippen LogP contribution < -0.4 is 10.1 Å². The molecule has 0 aliphatic heterocycles. The van der Waals surface area contributed by atoms with Gasteiger partial charge in [-0.15, -0.1) is 0 Å². The molecule has 2 aromatic carbocycles. The third-order valence-electron chi connectivity index (χ3n) is 3.21. The molecular weight excluding hydrogens is 321 g/mol. The minimum atomic E-state index is -0.233. The van der Waals surface area contributed by atoms with E-state index in [2.05, 4.69) is 5.32 Å². The molecule has 0 aliphatic rings. The van der Waals surface area contributed by atoms with Crippen LogP contribution in [0.15, 0.2) is 42.5 Å². The largest absolute Gasteiger partial charge is 0.494 e. The van der Waals surface area contributed by atoms with Crippen LogP contribution in [-0.4, -0.2) is 12.5 Å². The van der Waals surface area contributed by atoms with Gasteiger partial charge in [0.25, 0.3) is 5.91 Å². The second-order valence-electron chi connectivity index (χ2n) is 4.82. The summed E-state index contributed by atoms with van der Waals surface area (Å²) in [6, 6.07) is 12.3. The first kappa shape index (κ1) is 16.7. The number of rotatable bonds is 5. The molecule has 0 saturated heterocycles. The van der Waals surface area contributed by atoms with Gasteiger partial charge in [0.1, 0.15) is 5.75 Å². The second kappa shape index (κ2) is 7.52. The van der Waals surface area contributed by atoms with Crippen molar-refractivity contribution in [2.45, 2.75) is 19.9 Å². The van der Waals surface area contributed by atoms with Gasteiger partial charge in [0, 0.05) is 5.02 Å². The molecule has 0 unspecified atom stereocenters. The van der Waals surface area contributed by atoms with Gasteiger partial charge in [0.15, 0.2) is 0 Å². The molecule has 0 fully saturated rings. The van der Waals surface area contributed by atoms with Gasteiger partial charge in [0.2, 0.25) is 0 Å². The third-order valence-corrected chi connectivity index (χ3v) is 3.76. The number of hydrogen-bond acceptors (Lipinski definition) is 2. The molecule has 116 valence electrons. The third kappa shape index (κ3) is 4.15. The Kier molecular flexibility index (Phi) is 5.69. The highest BCUT2D eigenvalue weighted by Gasteiger charge is 2.14. The van der Waals surface area contributed by atoms with Crippen LogP contribution >= 0.6 is 23.2 Å². The van der Waals surface area contributed by atoms with Gasteiger partial charge in [-0.2, -0.15) is 0 Å². The number of halogens is 2. The summed E-state index contributed by atoms with van der Waals surface area (Å²) in [5.41, 5.74) is 1.39. The van der Waals surface area contributed by atoms with Crippen LogP contribution in [0.2, 0.25) is 10.0 Å². The molecule has 0 aliphatic carbocycles.